The quantitative estimate of drug-likeness (QED) is 0.513. The van der Waals surface area contributed by atoms with Crippen LogP contribution in [0.4, 0.5) is 16.2 Å². The standard InChI is InChI=1S/C20H21N7O3/c28-20(22-15-16-2-7-19(21-14-16)26-9-1-8-23-26)25-12-10-24(11-13-25)17-3-5-18(6-4-17)27(29)30/h1-9,14H,10-13,15H2,(H,22,28). The number of benzene rings is 1. The molecule has 0 saturated carbocycles. The zero-order valence-electron chi connectivity index (χ0n) is 16.2. The van der Waals surface area contributed by atoms with Crippen molar-refractivity contribution in [2.45, 2.75) is 6.54 Å². The molecule has 4 rings (SSSR count). The first kappa shape index (κ1) is 19.4. The Labute approximate surface area is 172 Å². The van der Waals surface area contributed by atoms with E-state index in [2.05, 4.69) is 20.3 Å². The van der Waals surface area contributed by atoms with Gasteiger partial charge in [-0.15, -0.1) is 0 Å². The fourth-order valence-corrected chi connectivity index (χ4v) is 3.30. The van der Waals surface area contributed by atoms with E-state index < -0.39 is 4.92 Å². The Morgan fingerprint density at radius 1 is 1.10 bits per heavy atom. The molecule has 1 N–H and O–H groups in total. The summed E-state index contributed by atoms with van der Waals surface area (Å²) >= 11 is 0. The van der Waals surface area contributed by atoms with E-state index in [0.717, 1.165) is 17.1 Å². The van der Waals surface area contributed by atoms with Crippen LogP contribution in [0.15, 0.2) is 61.1 Å². The van der Waals surface area contributed by atoms with Gasteiger partial charge < -0.3 is 15.1 Å². The minimum Gasteiger partial charge on any atom is -0.368 e. The minimum absolute atomic E-state index is 0.0731. The molecule has 1 saturated heterocycles. The van der Waals surface area contributed by atoms with Crippen molar-refractivity contribution in [1.29, 1.82) is 0 Å². The average Bonchev–Trinajstić information content (AvgIpc) is 3.33. The van der Waals surface area contributed by atoms with Crippen molar-refractivity contribution in [3.05, 3.63) is 76.7 Å². The minimum atomic E-state index is -0.410. The lowest BCUT2D eigenvalue weighted by molar-refractivity contribution is -0.384. The fraction of sp³-hybridized carbons (Fsp3) is 0.250. The first-order valence-electron chi connectivity index (χ1n) is 9.57. The van der Waals surface area contributed by atoms with Gasteiger partial charge in [0.15, 0.2) is 5.82 Å². The normalized spacial score (nSPS) is 13.9. The third kappa shape index (κ3) is 4.37. The van der Waals surface area contributed by atoms with Crippen molar-refractivity contribution in [3.8, 4) is 5.82 Å². The SMILES string of the molecule is O=C(NCc1ccc(-n2cccn2)nc1)N1CCN(c2ccc([N+](=O)[O-])cc2)CC1. The highest BCUT2D eigenvalue weighted by atomic mass is 16.6. The molecule has 2 aromatic heterocycles. The molecule has 2 amide bonds. The summed E-state index contributed by atoms with van der Waals surface area (Å²) in [7, 11) is 0. The van der Waals surface area contributed by atoms with Crippen LogP contribution in [0.1, 0.15) is 5.56 Å². The monoisotopic (exact) mass is 407 g/mol. The van der Waals surface area contributed by atoms with Crippen molar-refractivity contribution in [1.82, 2.24) is 25.0 Å². The lowest BCUT2D eigenvalue weighted by Gasteiger charge is -2.36. The van der Waals surface area contributed by atoms with E-state index in [1.165, 1.54) is 12.1 Å². The Kier molecular flexibility index (Phi) is 5.55. The number of hydrogen-bond donors (Lipinski definition) is 1. The number of pyridine rings is 1. The number of aromatic nitrogens is 3. The van der Waals surface area contributed by atoms with E-state index in [0.29, 0.717) is 32.7 Å². The molecule has 10 nitrogen and oxygen atoms in total. The fourth-order valence-electron chi connectivity index (χ4n) is 3.30. The van der Waals surface area contributed by atoms with Crippen molar-refractivity contribution in [2.24, 2.45) is 0 Å². The van der Waals surface area contributed by atoms with Crippen LogP contribution in [0.25, 0.3) is 5.82 Å². The van der Waals surface area contributed by atoms with Crippen molar-refractivity contribution < 1.29 is 9.72 Å². The number of rotatable bonds is 5. The van der Waals surface area contributed by atoms with Gasteiger partial charge in [-0.2, -0.15) is 5.10 Å². The van der Waals surface area contributed by atoms with Crippen LogP contribution in [0, 0.1) is 10.1 Å². The molecule has 0 unspecified atom stereocenters. The van der Waals surface area contributed by atoms with Gasteiger partial charge in [0.2, 0.25) is 0 Å². The number of carbonyl (C=O) groups excluding carboxylic acids is 1. The van der Waals surface area contributed by atoms with Crippen LogP contribution in [0.2, 0.25) is 0 Å². The summed E-state index contributed by atoms with van der Waals surface area (Å²) in [6, 6.07) is 12.0. The summed E-state index contributed by atoms with van der Waals surface area (Å²) in [4.78, 5) is 31.1. The number of urea groups is 1. The molecular weight excluding hydrogens is 386 g/mol. The molecule has 3 aromatic rings. The number of non-ortho nitro benzene ring substituents is 1. The molecule has 154 valence electrons. The van der Waals surface area contributed by atoms with Crippen LogP contribution >= 0.6 is 0 Å². The molecule has 1 aromatic carbocycles. The first-order valence-corrected chi connectivity index (χ1v) is 9.57. The molecular formula is C20H21N7O3. The zero-order valence-corrected chi connectivity index (χ0v) is 16.2. The van der Waals surface area contributed by atoms with E-state index in [1.807, 2.05) is 24.4 Å². The number of nitrogens with zero attached hydrogens (tertiary/aromatic N) is 6. The molecule has 0 atom stereocenters. The van der Waals surface area contributed by atoms with E-state index in [-0.39, 0.29) is 11.7 Å². The van der Waals surface area contributed by atoms with Crippen LogP contribution in [-0.2, 0) is 6.54 Å². The molecule has 3 heterocycles. The van der Waals surface area contributed by atoms with Crippen molar-refractivity contribution in [2.75, 3.05) is 31.1 Å². The smallest absolute Gasteiger partial charge is 0.317 e. The van der Waals surface area contributed by atoms with Gasteiger partial charge in [0.05, 0.1) is 4.92 Å². The maximum atomic E-state index is 12.5. The topological polar surface area (TPSA) is 109 Å². The van der Waals surface area contributed by atoms with Crippen LogP contribution in [0.3, 0.4) is 0 Å². The maximum Gasteiger partial charge on any atom is 0.317 e. The molecule has 0 bridgehead atoms. The predicted molar refractivity (Wildman–Crippen MR) is 110 cm³/mol. The second-order valence-corrected chi connectivity index (χ2v) is 6.88. The summed E-state index contributed by atoms with van der Waals surface area (Å²) in [5, 5.41) is 17.8. The third-order valence-electron chi connectivity index (χ3n) is 4.98. The highest BCUT2D eigenvalue weighted by molar-refractivity contribution is 5.74. The number of nitro benzene ring substituents is 1. The van der Waals surface area contributed by atoms with Crippen molar-refractivity contribution >= 4 is 17.4 Å². The molecule has 0 spiro atoms. The Balaban J connectivity index is 1.25. The summed E-state index contributed by atoms with van der Waals surface area (Å²) in [5.41, 5.74) is 1.90. The van der Waals surface area contributed by atoms with Gasteiger partial charge in [0.25, 0.3) is 5.69 Å². The molecule has 30 heavy (non-hydrogen) atoms. The largest absolute Gasteiger partial charge is 0.368 e. The number of nitro groups is 1. The second kappa shape index (κ2) is 8.60. The van der Waals surface area contributed by atoms with Crippen molar-refractivity contribution in [3.63, 3.8) is 0 Å². The van der Waals surface area contributed by atoms with E-state index in [4.69, 9.17) is 0 Å². The van der Waals surface area contributed by atoms with E-state index in [1.54, 1.807) is 34.1 Å². The van der Waals surface area contributed by atoms with Crippen LogP contribution in [0.5, 0.6) is 0 Å². The third-order valence-corrected chi connectivity index (χ3v) is 4.98. The lowest BCUT2D eigenvalue weighted by Crippen LogP contribution is -2.51. The second-order valence-electron chi connectivity index (χ2n) is 6.88. The highest BCUT2D eigenvalue weighted by Gasteiger charge is 2.21. The van der Waals surface area contributed by atoms with E-state index in [9.17, 15) is 14.9 Å². The number of anilines is 1. The number of amides is 2. The van der Waals surface area contributed by atoms with Gasteiger partial charge in [-0.05, 0) is 29.8 Å². The molecule has 0 radical (unpaired) electrons. The Hall–Kier alpha value is -3.95. The lowest BCUT2D eigenvalue weighted by atomic mass is 10.2. The van der Waals surface area contributed by atoms with Gasteiger partial charge in [0, 0.05) is 69.1 Å². The van der Waals surface area contributed by atoms with E-state index >= 15 is 0 Å². The Bertz CT molecular complexity index is 996. The van der Waals surface area contributed by atoms with Crippen LogP contribution in [-0.4, -0.2) is 56.8 Å². The highest BCUT2D eigenvalue weighted by Crippen LogP contribution is 2.20. The van der Waals surface area contributed by atoms with Crippen LogP contribution < -0.4 is 10.2 Å². The average molecular weight is 407 g/mol. The Morgan fingerprint density at radius 2 is 1.87 bits per heavy atom. The summed E-state index contributed by atoms with van der Waals surface area (Å²) in [6.07, 6.45) is 5.24. The predicted octanol–water partition coefficient (Wildman–Crippen LogP) is 2.21. The maximum absolute atomic E-state index is 12.5. The van der Waals surface area contributed by atoms with Gasteiger partial charge in [-0.1, -0.05) is 6.07 Å². The summed E-state index contributed by atoms with van der Waals surface area (Å²) < 4.78 is 1.67. The number of carbonyl (C=O) groups is 1. The zero-order chi connectivity index (χ0) is 20.9. The number of piperazine rings is 1. The number of hydrogen-bond acceptors (Lipinski definition) is 6. The molecule has 1 aliphatic heterocycles. The first-order chi connectivity index (χ1) is 14.6. The van der Waals surface area contributed by atoms with Gasteiger partial charge >= 0.3 is 6.03 Å². The molecule has 0 aliphatic carbocycles. The van der Waals surface area contributed by atoms with Gasteiger partial charge in [-0.25, -0.2) is 14.5 Å². The number of nitrogens with one attached hydrogen (secondary N) is 1. The molecule has 1 fully saturated rings. The molecule has 1 aliphatic rings. The summed E-state index contributed by atoms with van der Waals surface area (Å²) in [6.45, 7) is 2.91. The van der Waals surface area contributed by atoms with Gasteiger partial charge in [0.1, 0.15) is 0 Å². The molecule has 10 heteroatoms. The summed E-state index contributed by atoms with van der Waals surface area (Å²) in [5.74, 6) is 0.720. The Morgan fingerprint density at radius 3 is 2.47 bits per heavy atom. The van der Waals surface area contributed by atoms with Gasteiger partial charge in [-0.3, -0.25) is 10.1 Å².